The SMILES string of the molecule is CC1CCN(C(=O)C2CCN(C(=O)c3ccc(CN)cc3)CC2)CC1.Cl. The maximum Gasteiger partial charge on any atom is 0.253 e. The van der Waals surface area contributed by atoms with Gasteiger partial charge in [-0.2, -0.15) is 0 Å². The van der Waals surface area contributed by atoms with E-state index >= 15 is 0 Å². The molecule has 0 aromatic heterocycles. The van der Waals surface area contributed by atoms with Crippen LogP contribution >= 0.6 is 12.4 Å². The third-order valence-corrected chi connectivity index (χ3v) is 5.66. The van der Waals surface area contributed by atoms with E-state index in [1.54, 1.807) is 0 Å². The Balaban J connectivity index is 0.00000243. The molecule has 144 valence electrons. The number of rotatable bonds is 3. The summed E-state index contributed by atoms with van der Waals surface area (Å²) in [6.07, 6.45) is 3.78. The summed E-state index contributed by atoms with van der Waals surface area (Å²) in [5, 5.41) is 0. The van der Waals surface area contributed by atoms with Gasteiger partial charge in [-0.25, -0.2) is 0 Å². The number of nitrogens with two attached hydrogens (primary N) is 1. The van der Waals surface area contributed by atoms with Crippen molar-refractivity contribution in [3.8, 4) is 0 Å². The van der Waals surface area contributed by atoms with Gasteiger partial charge in [0.2, 0.25) is 5.91 Å². The zero-order valence-electron chi connectivity index (χ0n) is 15.5. The van der Waals surface area contributed by atoms with Gasteiger partial charge in [0.05, 0.1) is 0 Å². The highest BCUT2D eigenvalue weighted by Crippen LogP contribution is 2.24. The van der Waals surface area contributed by atoms with Gasteiger partial charge in [-0.15, -0.1) is 12.4 Å². The minimum Gasteiger partial charge on any atom is -0.342 e. The lowest BCUT2D eigenvalue weighted by atomic mass is 9.92. The molecule has 26 heavy (non-hydrogen) atoms. The van der Waals surface area contributed by atoms with Crippen molar-refractivity contribution in [2.75, 3.05) is 26.2 Å². The fraction of sp³-hybridized carbons (Fsp3) is 0.600. The van der Waals surface area contributed by atoms with Crippen molar-refractivity contribution >= 4 is 24.2 Å². The first-order valence-electron chi connectivity index (χ1n) is 9.45. The normalized spacial score (nSPS) is 19.2. The Bertz CT molecular complexity index is 604. The summed E-state index contributed by atoms with van der Waals surface area (Å²) >= 11 is 0. The van der Waals surface area contributed by atoms with Crippen LogP contribution in [0.4, 0.5) is 0 Å². The number of carbonyl (C=O) groups is 2. The van der Waals surface area contributed by atoms with Crippen LogP contribution in [0.5, 0.6) is 0 Å². The van der Waals surface area contributed by atoms with E-state index in [4.69, 9.17) is 5.73 Å². The number of likely N-dealkylation sites (tertiary alicyclic amines) is 2. The Morgan fingerprint density at radius 1 is 0.962 bits per heavy atom. The first kappa shape index (κ1) is 20.7. The van der Waals surface area contributed by atoms with Crippen LogP contribution < -0.4 is 5.73 Å². The Hall–Kier alpha value is -1.59. The molecule has 2 saturated heterocycles. The van der Waals surface area contributed by atoms with Gasteiger partial charge in [0.25, 0.3) is 5.91 Å². The van der Waals surface area contributed by atoms with Gasteiger partial charge in [-0.1, -0.05) is 19.1 Å². The molecule has 5 nitrogen and oxygen atoms in total. The van der Waals surface area contributed by atoms with E-state index in [2.05, 4.69) is 6.92 Å². The van der Waals surface area contributed by atoms with Crippen LogP contribution in [-0.2, 0) is 11.3 Å². The van der Waals surface area contributed by atoms with E-state index in [0.717, 1.165) is 50.3 Å². The molecule has 2 N–H and O–H groups in total. The van der Waals surface area contributed by atoms with Crippen molar-refractivity contribution in [1.82, 2.24) is 9.80 Å². The van der Waals surface area contributed by atoms with E-state index in [9.17, 15) is 9.59 Å². The summed E-state index contributed by atoms with van der Waals surface area (Å²) in [7, 11) is 0. The lowest BCUT2D eigenvalue weighted by molar-refractivity contribution is -0.138. The van der Waals surface area contributed by atoms with Crippen molar-refractivity contribution in [2.24, 2.45) is 17.6 Å². The van der Waals surface area contributed by atoms with Gasteiger partial charge in [0, 0.05) is 44.2 Å². The fourth-order valence-corrected chi connectivity index (χ4v) is 3.78. The van der Waals surface area contributed by atoms with Gasteiger partial charge in [0.15, 0.2) is 0 Å². The Kier molecular flexibility index (Phi) is 7.47. The van der Waals surface area contributed by atoms with Crippen molar-refractivity contribution in [2.45, 2.75) is 39.2 Å². The van der Waals surface area contributed by atoms with Crippen molar-refractivity contribution < 1.29 is 9.59 Å². The molecule has 2 fully saturated rings. The molecule has 3 rings (SSSR count). The van der Waals surface area contributed by atoms with Gasteiger partial charge in [-0.3, -0.25) is 9.59 Å². The Morgan fingerprint density at radius 3 is 2.04 bits per heavy atom. The summed E-state index contributed by atoms with van der Waals surface area (Å²) in [5.74, 6) is 1.17. The van der Waals surface area contributed by atoms with Crippen LogP contribution in [0.1, 0.15) is 48.5 Å². The summed E-state index contributed by atoms with van der Waals surface area (Å²) in [4.78, 5) is 29.2. The van der Waals surface area contributed by atoms with Crippen molar-refractivity contribution in [3.05, 3.63) is 35.4 Å². The van der Waals surface area contributed by atoms with Gasteiger partial charge in [0.1, 0.15) is 0 Å². The molecule has 0 spiro atoms. The average Bonchev–Trinajstić information content (AvgIpc) is 2.67. The number of amides is 2. The summed E-state index contributed by atoms with van der Waals surface area (Å²) in [6.45, 7) is 5.86. The van der Waals surface area contributed by atoms with Crippen LogP contribution in [0.3, 0.4) is 0 Å². The largest absolute Gasteiger partial charge is 0.342 e. The first-order valence-corrected chi connectivity index (χ1v) is 9.45. The van der Waals surface area contributed by atoms with Crippen molar-refractivity contribution in [3.63, 3.8) is 0 Å². The summed E-state index contributed by atoms with van der Waals surface area (Å²) in [6, 6.07) is 7.50. The Morgan fingerprint density at radius 2 is 1.50 bits per heavy atom. The highest BCUT2D eigenvalue weighted by Gasteiger charge is 2.31. The minimum absolute atomic E-state index is 0. The third kappa shape index (κ3) is 4.77. The molecule has 2 aliphatic heterocycles. The second-order valence-corrected chi connectivity index (χ2v) is 7.48. The van der Waals surface area contributed by atoms with Gasteiger partial charge >= 0.3 is 0 Å². The molecular weight excluding hydrogens is 350 g/mol. The second-order valence-electron chi connectivity index (χ2n) is 7.48. The number of hydrogen-bond donors (Lipinski definition) is 1. The monoisotopic (exact) mass is 379 g/mol. The molecule has 2 aliphatic rings. The number of halogens is 1. The molecule has 0 aliphatic carbocycles. The van der Waals surface area contributed by atoms with Gasteiger partial charge in [-0.05, 0) is 49.3 Å². The highest BCUT2D eigenvalue weighted by atomic mass is 35.5. The summed E-state index contributed by atoms with van der Waals surface area (Å²) < 4.78 is 0. The highest BCUT2D eigenvalue weighted by molar-refractivity contribution is 5.94. The van der Waals surface area contributed by atoms with Crippen LogP contribution in [0.25, 0.3) is 0 Å². The minimum atomic E-state index is 0. The maximum absolute atomic E-state index is 12.7. The first-order chi connectivity index (χ1) is 12.1. The molecule has 0 radical (unpaired) electrons. The maximum atomic E-state index is 12.7. The molecule has 0 atom stereocenters. The fourth-order valence-electron chi connectivity index (χ4n) is 3.78. The number of benzene rings is 1. The molecule has 0 bridgehead atoms. The topological polar surface area (TPSA) is 66.6 Å². The lowest BCUT2D eigenvalue weighted by Crippen LogP contribution is -2.46. The molecule has 0 saturated carbocycles. The number of hydrogen-bond acceptors (Lipinski definition) is 3. The van der Waals surface area contributed by atoms with E-state index in [-0.39, 0.29) is 24.2 Å². The van der Waals surface area contributed by atoms with Crippen LogP contribution in [0.2, 0.25) is 0 Å². The van der Waals surface area contributed by atoms with Crippen LogP contribution in [0, 0.1) is 11.8 Å². The van der Waals surface area contributed by atoms with E-state index < -0.39 is 0 Å². The molecule has 2 heterocycles. The number of piperidine rings is 2. The quantitative estimate of drug-likeness (QED) is 0.877. The van der Waals surface area contributed by atoms with Crippen LogP contribution in [0.15, 0.2) is 24.3 Å². The molecular formula is C20H30ClN3O2. The predicted octanol–water partition coefficient (Wildman–Crippen LogP) is 2.68. The zero-order valence-corrected chi connectivity index (χ0v) is 16.3. The molecule has 2 amide bonds. The molecule has 0 unspecified atom stereocenters. The van der Waals surface area contributed by atoms with E-state index in [0.29, 0.717) is 31.1 Å². The lowest BCUT2D eigenvalue weighted by Gasteiger charge is -2.36. The standard InChI is InChI=1S/C20H29N3O2.ClH/c1-15-6-10-22(11-7-15)20(25)18-8-12-23(13-9-18)19(24)17-4-2-16(14-21)3-5-17;/h2-5,15,18H,6-14,21H2,1H3;1H. The molecule has 1 aromatic rings. The van der Waals surface area contributed by atoms with E-state index in [1.165, 1.54) is 0 Å². The number of carbonyl (C=O) groups excluding carboxylic acids is 2. The molecule has 1 aromatic carbocycles. The number of nitrogens with zero attached hydrogens (tertiary/aromatic N) is 2. The average molecular weight is 380 g/mol. The van der Waals surface area contributed by atoms with Crippen molar-refractivity contribution in [1.29, 1.82) is 0 Å². The van der Waals surface area contributed by atoms with E-state index in [1.807, 2.05) is 34.1 Å². The zero-order chi connectivity index (χ0) is 17.8. The third-order valence-electron chi connectivity index (χ3n) is 5.66. The summed E-state index contributed by atoms with van der Waals surface area (Å²) in [5.41, 5.74) is 7.33. The predicted molar refractivity (Wildman–Crippen MR) is 105 cm³/mol. The van der Waals surface area contributed by atoms with Crippen LogP contribution in [-0.4, -0.2) is 47.8 Å². The van der Waals surface area contributed by atoms with Gasteiger partial charge < -0.3 is 15.5 Å². The smallest absolute Gasteiger partial charge is 0.253 e. The molecule has 6 heteroatoms. The second kappa shape index (κ2) is 9.38. The Labute approximate surface area is 162 Å².